The van der Waals surface area contributed by atoms with Crippen LogP contribution < -0.4 is 4.90 Å². The van der Waals surface area contributed by atoms with E-state index in [1.54, 1.807) is 11.8 Å². The summed E-state index contributed by atoms with van der Waals surface area (Å²) in [5.74, 6) is -0.539. The fraction of sp³-hybridized carbons (Fsp3) is 0.522. The molecule has 3 atom stereocenters. The maximum atomic E-state index is 13.6. The molecule has 1 aliphatic heterocycles. The van der Waals surface area contributed by atoms with Gasteiger partial charge in [-0.05, 0) is 50.7 Å². The standard InChI is InChI=1S/C23H29N3O3/c1-3-5-15-25-21(27)19(22(28)29-4-2)20(16-11-7-6-8-12-16)26-18-14-10-9-13-17(18)24-23(25)26/h6-7,9-10,13-14,16,19-20H,3-5,8,11-12,15H2,1-2H3/t16-,19+,20+/m0/s1. The highest BCUT2D eigenvalue weighted by atomic mass is 16.5. The maximum absolute atomic E-state index is 13.6. The number of imidazole rings is 1. The van der Waals surface area contributed by atoms with Gasteiger partial charge in [-0.25, -0.2) is 4.98 Å². The van der Waals surface area contributed by atoms with Gasteiger partial charge in [-0.1, -0.05) is 37.6 Å². The third-order valence-electron chi connectivity index (χ3n) is 6.06. The van der Waals surface area contributed by atoms with Crippen molar-refractivity contribution >= 4 is 28.9 Å². The summed E-state index contributed by atoms with van der Waals surface area (Å²) in [5.41, 5.74) is 1.84. The number of rotatable bonds is 6. The zero-order valence-electron chi connectivity index (χ0n) is 17.2. The Labute approximate surface area is 171 Å². The Morgan fingerprint density at radius 1 is 1.24 bits per heavy atom. The van der Waals surface area contributed by atoms with E-state index in [-0.39, 0.29) is 24.5 Å². The van der Waals surface area contributed by atoms with Gasteiger partial charge in [-0.15, -0.1) is 0 Å². The second-order valence-corrected chi connectivity index (χ2v) is 7.88. The second kappa shape index (κ2) is 8.39. The van der Waals surface area contributed by atoms with Crippen LogP contribution in [0.3, 0.4) is 0 Å². The highest BCUT2D eigenvalue weighted by Gasteiger charge is 2.49. The number of hydrogen-bond donors (Lipinski definition) is 0. The van der Waals surface area contributed by atoms with Crippen LogP contribution in [0.2, 0.25) is 0 Å². The van der Waals surface area contributed by atoms with Gasteiger partial charge in [0.15, 0.2) is 5.92 Å². The van der Waals surface area contributed by atoms with Crippen molar-refractivity contribution in [2.75, 3.05) is 18.1 Å². The minimum Gasteiger partial charge on any atom is -0.465 e. The van der Waals surface area contributed by atoms with Crippen molar-refractivity contribution in [1.29, 1.82) is 0 Å². The molecule has 4 rings (SSSR count). The first-order chi connectivity index (χ1) is 14.2. The van der Waals surface area contributed by atoms with Gasteiger partial charge < -0.3 is 9.30 Å². The van der Waals surface area contributed by atoms with E-state index in [0.29, 0.717) is 12.5 Å². The predicted octanol–water partition coefficient (Wildman–Crippen LogP) is 4.26. The lowest BCUT2D eigenvalue weighted by Crippen LogP contribution is -2.52. The molecule has 0 fully saturated rings. The lowest BCUT2D eigenvalue weighted by atomic mass is 9.79. The molecule has 1 amide bonds. The molecule has 0 bridgehead atoms. The molecule has 0 saturated carbocycles. The number of aromatic nitrogens is 2. The number of ether oxygens (including phenoxy) is 1. The number of carbonyl (C=O) groups excluding carboxylic acids is 2. The largest absolute Gasteiger partial charge is 0.465 e. The van der Waals surface area contributed by atoms with Gasteiger partial charge in [0.05, 0.1) is 23.7 Å². The Morgan fingerprint density at radius 2 is 2.07 bits per heavy atom. The molecular weight excluding hydrogens is 366 g/mol. The molecule has 2 aromatic rings. The summed E-state index contributed by atoms with van der Waals surface area (Å²) < 4.78 is 7.54. The number of unbranched alkanes of at least 4 members (excludes halogenated alkanes) is 1. The zero-order valence-corrected chi connectivity index (χ0v) is 17.2. The van der Waals surface area contributed by atoms with E-state index in [4.69, 9.17) is 9.72 Å². The smallest absolute Gasteiger partial charge is 0.320 e. The van der Waals surface area contributed by atoms with E-state index >= 15 is 0 Å². The number of fused-ring (bicyclic) bond motifs is 3. The SMILES string of the molecule is CCCCN1C(=O)[C@H](C(=O)OCC)[C@@H]([C@H]2CC=CCC2)n2c1nc1ccccc12. The topological polar surface area (TPSA) is 64.4 Å². The van der Waals surface area contributed by atoms with Crippen molar-refractivity contribution in [3.63, 3.8) is 0 Å². The molecule has 0 unspecified atom stereocenters. The van der Waals surface area contributed by atoms with E-state index in [1.165, 1.54) is 0 Å². The lowest BCUT2D eigenvalue weighted by molar-refractivity contribution is -0.155. The first kappa shape index (κ1) is 19.7. The van der Waals surface area contributed by atoms with Gasteiger partial charge in [0.2, 0.25) is 11.9 Å². The van der Waals surface area contributed by atoms with Crippen LogP contribution in [0, 0.1) is 11.8 Å². The molecule has 0 N–H and O–H groups in total. The number of anilines is 1. The van der Waals surface area contributed by atoms with Crippen LogP contribution in [-0.2, 0) is 14.3 Å². The molecule has 29 heavy (non-hydrogen) atoms. The van der Waals surface area contributed by atoms with Crippen molar-refractivity contribution in [3.8, 4) is 0 Å². The number of carbonyl (C=O) groups is 2. The normalized spacial score (nSPS) is 24.0. The maximum Gasteiger partial charge on any atom is 0.320 e. The quantitative estimate of drug-likeness (QED) is 0.416. The number of amides is 1. The fourth-order valence-electron chi connectivity index (χ4n) is 4.69. The van der Waals surface area contributed by atoms with Crippen molar-refractivity contribution in [1.82, 2.24) is 9.55 Å². The predicted molar refractivity (Wildman–Crippen MR) is 113 cm³/mol. The van der Waals surface area contributed by atoms with Crippen molar-refractivity contribution < 1.29 is 14.3 Å². The van der Waals surface area contributed by atoms with Crippen LogP contribution in [0.5, 0.6) is 0 Å². The Morgan fingerprint density at radius 3 is 2.79 bits per heavy atom. The number of para-hydroxylation sites is 2. The summed E-state index contributed by atoms with van der Waals surface area (Å²) in [4.78, 5) is 33.2. The summed E-state index contributed by atoms with van der Waals surface area (Å²) in [7, 11) is 0. The van der Waals surface area contributed by atoms with Gasteiger partial charge in [0.25, 0.3) is 0 Å². The van der Waals surface area contributed by atoms with Crippen LogP contribution in [0.15, 0.2) is 36.4 Å². The fourth-order valence-corrected chi connectivity index (χ4v) is 4.69. The summed E-state index contributed by atoms with van der Waals surface area (Å²) >= 11 is 0. The first-order valence-corrected chi connectivity index (χ1v) is 10.8. The molecule has 0 saturated heterocycles. The van der Waals surface area contributed by atoms with E-state index in [9.17, 15) is 9.59 Å². The molecular formula is C23H29N3O3. The average Bonchev–Trinajstić information content (AvgIpc) is 3.12. The molecule has 2 heterocycles. The molecule has 0 spiro atoms. The van der Waals surface area contributed by atoms with Crippen molar-refractivity contribution in [3.05, 3.63) is 36.4 Å². The van der Waals surface area contributed by atoms with Gasteiger partial charge in [-0.3, -0.25) is 14.5 Å². The van der Waals surface area contributed by atoms with Crippen molar-refractivity contribution in [2.24, 2.45) is 11.8 Å². The van der Waals surface area contributed by atoms with E-state index in [2.05, 4.69) is 23.6 Å². The van der Waals surface area contributed by atoms with Crippen LogP contribution in [0.1, 0.15) is 52.0 Å². The first-order valence-electron chi connectivity index (χ1n) is 10.8. The summed E-state index contributed by atoms with van der Waals surface area (Å²) in [6, 6.07) is 7.68. The third-order valence-corrected chi connectivity index (χ3v) is 6.06. The second-order valence-electron chi connectivity index (χ2n) is 7.88. The molecule has 154 valence electrons. The zero-order chi connectivity index (χ0) is 20.4. The molecule has 6 nitrogen and oxygen atoms in total. The molecule has 1 aliphatic carbocycles. The van der Waals surface area contributed by atoms with Crippen molar-refractivity contribution in [2.45, 2.75) is 52.0 Å². The lowest BCUT2D eigenvalue weighted by Gasteiger charge is -2.41. The van der Waals surface area contributed by atoms with Crippen LogP contribution in [0.4, 0.5) is 5.95 Å². The van der Waals surface area contributed by atoms with Gasteiger partial charge in [0.1, 0.15) is 0 Å². The van der Waals surface area contributed by atoms with E-state index < -0.39 is 11.9 Å². The molecule has 2 aliphatic rings. The molecule has 6 heteroatoms. The third kappa shape index (κ3) is 3.45. The van der Waals surface area contributed by atoms with E-state index in [0.717, 1.165) is 43.1 Å². The molecule has 1 aromatic carbocycles. The summed E-state index contributed by atoms with van der Waals surface area (Å²) in [5, 5.41) is 0. The molecule has 1 aromatic heterocycles. The number of nitrogens with zero attached hydrogens (tertiary/aromatic N) is 3. The average molecular weight is 396 g/mol. The Bertz CT molecular complexity index is 933. The summed E-state index contributed by atoms with van der Waals surface area (Å²) in [6.07, 6.45) is 8.95. The Kier molecular flexibility index (Phi) is 5.69. The summed E-state index contributed by atoms with van der Waals surface area (Å²) in [6.45, 7) is 4.71. The van der Waals surface area contributed by atoms with Gasteiger partial charge >= 0.3 is 5.97 Å². The minimum atomic E-state index is -0.826. The molecule has 0 radical (unpaired) electrons. The van der Waals surface area contributed by atoms with Crippen LogP contribution >= 0.6 is 0 Å². The van der Waals surface area contributed by atoms with Crippen LogP contribution in [0.25, 0.3) is 11.0 Å². The number of hydrogen-bond acceptors (Lipinski definition) is 4. The highest BCUT2D eigenvalue weighted by Crippen LogP contribution is 2.44. The number of esters is 1. The Balaban J connectivity index is 1.90. The van der Waals surface area contributed by atoms with Gasteiger partial charge in [0, 0.05) is 6.54 Å². The number of benzene rings is 1. The van der Waals surface area contributed by atoms with Crippen LogP contribution in [-0.4, -0.2) is 34.6 Å². The minimum absolute atomic E-state index is 0.167. The number of allylic oxidation sites excluding steroid dienone is 2. The Hall–Kier alpha value is -2.63. The monoisotopic (exact) mass is 395 g/mol. The van der Waals surface area contributed by atoms with Gasteiger partial charge in [-0.2, -0.15) is 0 Å². The highest BCUT2D eigenvalue weighted by molar-refractivity contribution is 6.08. The van der Waals surface area contributed by atoms with E-state index in [1.807, 2.05) is 24.3 Å².